The van der Waals surface area contributed by atoms with Gasteiger partial charge >= 0.3 is 12.1 Å². The van der Waals surface area contributed by atoms with E-state index in [0.29, 0.717) is 11.1 Å². The summed E-state index contributed by atoms with van der Waals surface area (Å²) in [6.07, 6.45) is -2.39. The molecule has 2 atom stereocenters. The average molecular weight is 320 g/mol. The summed E-state index contributed by atoms with van der Waals surface area (Å²) in [5.74, 6) is -0.893. The molecule has 0 unspecified atom stereocenters. The Bertz CT molecular complexity index is 598. The first-order chi connectivity index (χ1) is 10.7. The van der Waals surface area contributed by atoms with Gasteiger partial charge in [0.1, 0.15) is 5.60 Å². The van der Waals surface area contributed by atoms with E-state index in [1.54, 1.807) is 20.8 Å². The zero-order chi connectivity index (χ0) is 17.6. The summed E-state index contributed by atoms with van der Waals surface area (Å²) >= 11 is 0. The van der Waals surface area contributed by atoms with Crippen molar-refractivity contribution in [3.8, 4) is 6.07 Å². The largest absolute Gasteiger partial charge is 0.467 e. The third-order valence-corrected chi connectivity index (χ3v) is 2.83. The molecule has 0 heterocycles. The number of ether oxygens (including phenoxy) is 2. The molecule has 1 amide bonds. The molecule has 23 heavy (non-hydrogen) atoms. The van der Waals surface area contributed by atoms with Gasteiger partial charge in [-0.2, -0.15) is 5.26 Å². The molecule has 7 heteroatoms. The summed E-state index contributed by atoms with van der Waals surface area (Å²) < 4.78 is 9.64. The number of hydrogen-bond donors (Lipinski definition) is 2. The summed E-state index contributed by atoms with van der Waals surface area (Å²) in [5.41, 5.74) is 0.125. The molecule has 0 saturated heterocycles. The van der Waals surface area contributed by atoms with Gasteiger partial charge < -0.3 is 19.9 Å². The molecule has 1 aromatic carbocycles. The first-order valence-corrected chi connectivity index (χ1v) is 6.93. The van der Waals surface area contributed by atoms with E-state index in [1.165, 1.54) is 24.3 Å². The van der Waals surface area contributed by atoms with Crippen molar-refractivity contribution in [2.45, 2.75) is 38.5 Å². The van der Waals surface area contributed by atoms with Gasteiger partial charge in [-0.1, -0.05) is 12.1 Å². The molecule has 0 saturated carbocycles. The van der Waals surface area contributed by atoms with Crippen molar-refractivity contribution in [1.82, 2.24) is 5.32 Å². The van der Waals surface area contributed by atoms with E-state index in [4.69, 9.17) is 10.00 Å². The number of nitrogens with one attached hydrogen (secondary N) is 1. The lowest BCUT2D eigenvalue weighted by Crippen LogP contribution is -2.43. The molecule has 0 bridgehead atoms. The number of alkyl carbamates (subject to hydrolysis) is 1. The number of carbonyl (C=O) groups is 2. The monoisotopic (exact) mass is 320 g/mol. The maximum Gasteiger partial charge on any atom is 0.408 e. The lowest BCUT2D eigenvalue weighted by atomic mass is 10.0. The van der Waals surface area contributed by atoms with Crippen molar-refractivity contribution in [1.29, 1.82) is 5.26 Å². The van der Waals surface area contributed by atoms with Gasteiger partial charge in [0.15, 0.2) is 6.10 Å². The lowest BCUT2D eigenvalue weighted by Gasteiger charge is -2.26. The van der Waals surface area contributed by atoms with Crippen LogP contribution in [-0.2, 0) is 14.3 Å². The Balaban J connectivity index is 3.04. The predicted octanol–water partition coefficient (Wildman–Crippen LogP) is 1.66. The summed E-state index contributed by atoms with van der Waals surface area (Å²) in [6, 6.07) is 7.00. The minimum Gasteiger partial charge on any atom is -0.467 e. The van der Waals surface area contributed by atoms with Crippen LogP contribution in [-0.4, -0.2) is 36.0 Å². The lowest BCUT2D eigenvalue weighted by molar-refractivity contribution is -0.152. The van der Waals surface area contributed by atoms with Gasteiger partial charge in [0.25, 0.3) is 0 Å². The van der Waals surface area contributed by atoms with Gasteiger partial charge in [0, 0.05) is 0 Å². The van der Waals surface area contributed by atoms with E-state index >= 15 is 0 Å². The zero-order valence-corrected chi connectivity index (χ0v) is 13.5. The van der Waals surface area contributed by atoms with E-state index in [2.05, 4.69) is 10.1 Å². The van der Waals surface area contributed by atoms with Crippen LogP contribution in [0.25, 0.3) is 0 Å². The molecule has 1 rings (SSSR count). The number of methoxy groups -OCH3 is 1. The number of aliphatic hydroxyl groups excluding tert-OH is 1. The molecular formula is C16H20N2O5. The molecule has 0 radical (unpaired) electrons. The van der Waals surface area contributed by atoms with Gasteiger partial charge in [-0.15, -0.1) is 0 Å². The Labute approximate surface area is 134 Å². The molecule has 0 aliphatic rings. The molecule has 0 spiro atoms. The summed E-state index contributed by atoms with van der Waals surface area (Å²) in [6.45, 7) is 5.08. The maximum absolute atomic E-state index is 11.9. The maximum atomic E-state index is 11.9. The highest BCUT2D eigenvalue weighted by atomic mass is 16.6. The van der Waals surface area contributed by atoms with Gasteiger partial charge in [0.2, 0.25) is 0 Å². The van der Waals surface area contributed by atoms with Crippen molar-refractivity contribution < 1.29 is 24.2 Å². The van der Waals surface area contributed by atoms with Gasteiger partial charge in [-0.05, 0) is 38.5 Å². The summed E-state index contributed by atoms with van der Waals surface area (Å²) in [4.78, 5) is 23.5. The van der Waals surface area contributed by atoms with E-state index in [0.717, 1.165) is 7.11 Å². The first-order valence-electron chi connectivity index (χ1n) is 6.93. The van der Waals surface area contributed by atoms with Crippen LogP contribution in [0.15, 0.2) is 24.3 Å². The Hall–Kier alpha value is -2.59. The van der Waals surface area contributed by atoms with Crippen LogP contribution in [0.1, 0.15) is 37.9 Å². The van der Waals surface area contributed by atoms with E-state index in [-0.39, 0.29) is 0 Å². The highest BCUT2D eigenvalue weighted by molar-refractivity contribution is 5.77. The van der Waals surface area contributed by atoms with Gasteiger partial charge in [0.05, 0.1) is 24.8 Å². The van der Waals surface area contributed by atoms with Crippen LogP contribution in [0, 0.1) is 11.3 Å². The number of carbonyl (C=O) groups excluding carboxylic acids is 2. The highest BCUT2D eigenvalue weighted by Gasteiger charge is 2.31. The first kappa shape index (κ1) is 18.5. The molecule has 0 aliphatic carbocycles. The smallest absolute Gasteiger partial charge is 0.408 e. The van der Waals surface area contributed by atoms with E-state index in [1.807, 2.05) is 6.07 Å². The van der Waals surface area contributed by atoms with Crippen LogP contribution in [0.4, 0.5) is 4.79 Å². The van der Waals surface area contributed by atoms with Crippen molar-refractivity contribution in [2.24, 2.45) is 0 Å². The average Bonchev–Trinajstić information content (AvgIpc) is 2.49. The number of nitrogens with zero attached hydrogens (tertiary/aromatic N) is 1. The second kappa shape index (κ2) is 7.61. The summed E-state index contributed by atoms with van der Waals surface area (Å²) in [7, 11) is 1.13. The standard InChI is InChI=1S/C16H20N2O5/c1-16(2,3)23-15(21)18-12(13(19)14(20)22-4)11-7-5-10(9-17)6-8-11/h5-8,12-13,19H,1-4H3,(H,18,21)/t12-,13+/m0/s1. The Morgan fingerprint density at radius 1 is 1.26 bits per heavy atom. The van der Waals surface area contributed by atoms with Crippen molar-refractivity contribution in [3.05, 3.63) is 35.4 Å². The molecule has 0 aromatic heterocycles. The fraction of sp³-hybridized carbons (Fsp3) is 0.438. The number of aliphatic hydroxyl groups is 1. The third-order valence-electron chi connectivity index (χ3n) is 2.83. The molecule has 7 nitrogen and oxygen atoms in total. The molecule has 124 valence electrons. The molecular weight excluding hydrogens is 300 g/mol. The molecule has 2 N–H and O–H groups in total. The minimum absolute atomic E-state index is 0.414. The van der Waals surface area contributed by atoms with E-state index in [9.17, 15) is 14.7 Å². The number of benzene rings is 1. The van der Waals surface area contributed by atoms with Crippen LogP contribution in [0.5, 0.6) is 0 Å². The van der Waals surface area contributed by atoms with Crippen molar-refractivity contribution in [2.75, 3.05) is 7.11 Å². The number of rotatable bonds is 4. The SMILES string of the molecule is COC(=O)[C@H](O)[C@@H](NC(=O)OC(C)(C)C)c1ccc(C#N)cc1. The zero-order valence-electron chi connectivity index (χ0n) is 13.5. The quantitative estimate of drug-likeness (QED) is 0.817. The van der Waals surface area contributed by atoms with Gasteiger partial charge in [-0.25, -0.2) is 9.59 Å². The van der Waals surface area contributed by atoms with Crippen LogP contribution >= 0.6 is 0 Å². The number of amides is 1. The van der Waals surface area contributed by atoms with Crippen molar-refractivity contribution >= 4 is 12.1 Å². The third kappa shape index (κ3) is 5.60. The minimum atomic E-state index is -1.61. The van der Waals surface area contributed by atoms with Gasteiger partial charge in [-0.3, -0.25) is 0 Å². The fourth-order valence-electron chi connectivity index (χ4n) is 1.80. The number of esters is 1. The van der Waals surface area contributed by atoms with Crippen LogP contribution in [0.2, 0.25) is 0 Å². The predicted molar refractivity (Wildman–Crippen MR) is 81.3 cm³/mol. The van der Waals surface area contributed by atoms with Crippen molar-refractivity contribution in [3.63, 3.8) is 0 Å². The molecule has 0 fully saturated rings. The number of hydrogen-bond acceptors (Lipinski definition) is 6. The second-order valence-electron chi connectivity index (χ2n) is 5.83. The fourth-order valence-corrected chi connectivity index (χ4v) is 1.80. The molecule has 0 aliphatic heterocycles. The van der Waals surface area contributed by atoms with Crippen LogP contribution < -0.4 is 5.32 Å². The summed E-state index contributed by atoms with van der Waals surface area (Å²) in [5, 5.41) is 21.4. The highest BCUT2D eigenvalue weighted by Crippen LogP contribution is 2.20. The Morgan fingerprint density at radius 2 is 1.83 bits per heavy atom. The normalized spacial score (nSPS) is 13.4. The topological polar surface area (TPSA) is 109 Å². The van der Waals surface area contributed by atoms with Crippen LogP contribution in [0.3, 0.4) is 0 Å². The number of nitriles is 1. The Morgan fingerprint density at radius 3 is 2.26 bits per heavy atom. The second-order valence-corrected chi connectivity index (χ2v) is 5.83. The molecule has 1 aromatic rings. The van der Waals surface area contributed by atoms with E-state index < -0.39 is 29.8 Å². The Kier molecular flexibility index (Phi) is 6.10.